The number of carbonyl (C=O) groups excluding carboxylic acids is 1. The number of amides is 1. The summed E-state index contributed by atoms with van der Waals surface area (Å²) < 4.78 is 10.9. The first-order valence-corrected chi connectivity index (χ1v) is 9.02. The van der Waals surface area contributed by atoms with Crippen LogP contribution in [-0.2, 0) is 20.7 Å². The molecule has 7 nitrogen and oxygen atoms in total. The van der Waals surface area contributed by atoms with Crippen LogP contribution >= 0.6 is 11.3 Å². The van der Waals surface area contributed by atoms with E-state index in [-0.39, 0.29) is 11.6 Å². The second kappa shape index (κ2) is 7.16. The van der Waals surface area contributed by atoms with E-state index < -0.39 is 11.6 Å². The fraction of sp³-hybridized carbons (Fsp3) is 0.688. The number of aromatic nitrogens is 1. The number of nitrogens with zero attached hydrogens (tertiary/aromatic N) is 2. The molecule has 3 rings (SSSR count). The maximum atomic E-state index is 12.9. The van der Waals surface area contributed by atoms with Crippen molar-refractivity contribution in [2.24, 2.45) is 5.92 Å². The van der Waals surface area contributed by atoms with Gasteiger partial charge in [-0.1, -0.05) is 0 Å². The molecule has 1 aromatic rings. The van der Waals surface area contributed by atoms with E-state index in [1.54, 1.807) is 12.5 Å². The van der Waals surface area contributed by atoms with Gasteiger partial charge in [0.1, 0.15) is 0 Å². The average molecular weight is 354 g/mol. The summed E-state index contributed by atoms with van der Waals surface area (Å²) in [4.78, 5) is 29.8. The second-order valence-electron chi connectivity index (χ2n) is 6.40. The van der Waals surface area contributed by atoms with Gasteiger partial charge < -0.3 is 19.5 Å². The van der Waals surface area contributed by atoms with Crippen LogP contribution in [0.2, 0.25) is 0 Å². The van der Waals surface area contributed by atoms with Crippen molar-refractivity contribution in [3.05, 3.63) is 16.1 Å². The van der Waals surface area contributed by atoms with Crippen molar-refractivity contribution in [2.45, 2.75) is 31.3 Å². The van der Waals surface area contributed by atoms with E-state index in [0.717, 1.165) is 24.4 Å². The number of likely N-dealkylation sites (tertiary alicyclic amines) is 1. The second-order valence-corrected chi connectivity index (χ2v) is 7.34. The molecule has 1 amide bonds. The predicted octanol–water partition coefficient (Wildman–Crippen LogP) is 1.43. The molecule has 2 unspecified atom stereocenters. The molecule has 2 aliphatic heterocycles. The fourth-order valence-corrected chi connectivity index (χ4v) is 4.30. The third kappa shape index (κ3) is 3.45. The summed E-state index contributed by atoms with van der Waals surface area (Å²) in [7, 11) is 1.57. The Balaban J connectivity index is 1.63. The molecule has 0 spiro atoms. The van der Waals surface area contributed by atoms with Crippen LogP contribution in [0.5, 0.6) is 0 Å². The Hall–Kier alpha value is -1.51. The molecule has 8 heteroatoms. The number of piperidine rings is 1. The molecule has 0 saturated carbocycles. The molecule has 2 fully saturated rings. The number of aromatic carboxylic acids is 1. The number of ether oxygens (including phenoxy) is 2. The van der Waals surface area contributed by atoms with Gasteiger partial charge in [0.25, 0.3) is 5.91 Å². The summed E-state index contributed by atoms with van der Waals surface area (Å²) in [6, 6.07) is 0. The van der Waals surface area contributed by atoms with Gasteiger partial charge in [0, 0.05) is 38.4 Å². The first-order valence-electron chi connectivity index (χ1n) is 8.14. The van der Waals surface area contributed by atoms with Crippen LogP contribution in [0, 0.1) is 5.92 Å². The van der Waals surface area contributed by atoms with Crippen LogP contribution in [0.3, 0.4) is 0 Å². The largest absolute Gasteiger partial charge is 0.476 e. The van der Waals surface area contributed by atoms with Crippen molar-refractivity contribution < 1.29 is 24.2 Å². The van der Waals surface area contributed by atoms with Crippen molar-refractivity contribution in [1.82, 2.24) is 9.88 Å². The molecule has 2 aliphatic rings. The van der Waals surface area contributed by atoms with E-state index >= 15 is 0 Å². The van der Waals surface area contributed by atoms with Crippen LogP contribution in [-0.4, -0.2) is 65.9 Å². The maximum absolute atomic E-state index is 12.9. The molecule has 2 atom stereocenters. The summed E-state index contributed by atoms with van der Waals surface area (Å²) in [6.45, 7) is 2.26. The van der Waals surface area contributed by atoms with Crippen molar-refractivity contribution in [3.63, 3.8) is 0 Å². The smallest absolute Gasteiger partial charge is 0.355 e. The highest BCUT2D eigenvalue weighted by atomic mass is 32.1. The Morgan fingerprint density at radius 3 is 3.04 bits per heavy atom. The van der Waals surface area contributed by atoms with E-state index in [4.69, 9.17) is 14.6 Å². The van der Waals surface area contributed by atoms with Gasteiger partial charge in [-0.25, -0.2) is 9.78 Å². The minimum Gasteiger partial charge on any atom is -0.476 e. The number of hydrogen-bond donors (Lipinski definition) is 1. The highest BCUT2D eigenvalue weighted by molar-refractivity contribution is 7.09. The Morgan fingerprint density at radius 1 is 1.58 bits per heavy atom. The highest BCUT2D eigenvalue weighted by Crippen LogP contribution is 2.29. The molecular weight excluding hydrogens is 332 g/mol. The predicted molar refractivity (Wildman–Crippen MR) is 87.3 cm³/mol. The number of hydrogen-bond acceptors (Lipinski definition) is 6. The standard InChI is InChI=1S/C16H22N2O5S/c1-22-16(4-6-23-10-16)15(21)18-5-2-3-11(8-18)7-13-17-12(9-24-13)14(19)20/h9,11H,2-8,10H2,1H3,(H,19,20). The zero-order valence-electron chi connectivity index (χ0n) is 13.7. The number of methoxy groups -OCH3 is 1. The van der Waals surface area contributed by atoms with Crippen molar-refractivity contribution >= 4 is 23.2 Å². The number of carboxylic acids is 1. The Kier molecular flexibility index (Phi) is 5.17. The molecule has 0 bridgehead atoms. The van der Waals surface area contributed by atoms with Crippen LogP contribution in [0.1, 0.15) is 34.8 Å². The summed E-state index contributed by atoms with van der Waals surface area (Å²) >= 11 is 1.37. The Bertz CT molecular complexity index is 611. The van der Waals surface area contributed by atoms with Gasteiger partial charge in [-0.3, -0.25) is 4.79 Å². The SMILES string of the molecule is COC1(C(=O)N2CCCC(Cc3nc(C(=O)O)cs3)C2)CCOC1. The lowest BCUT2D eigenvalue weighted by molar-refractivity contribution is -0.156. The molecule has 132 valence electrons. The van der Waals surface area contributed by atoms with Crippen LogP contribution in [0.25, 0.3) is 0 Å². The number of carbonyl (C=O) groups is 2. The van der Waals surface area contributed by atoms with E-state index in [1.165, 1.54) is 11.3 Å². The third-order valence-electron chi connectivity index (χ3n) is 4.81. The number of thiazole rings is 1. The Morgan fingerprint density at radius 2 is 2.42 bits per heavy atom. The van der Waals surface area contributed by atoms with E-state index in [0.29, 0.717) is 38.5 Å². The zero-order chi connectivity index (χ0) is 17.2. The lowest BCUT2D eigenvalue weighted by Gasteiger charge is -2.37. The minimum atomic E-state index is -0.999. The van der Waals surface area contributed by atoms with Crippen molar-refractivity contribution in [2.75, 3.05) is 33.4 Å². The van der Waals surface area contributed by atoms with Gasteiger partial charge in [0.15, 0.2) is 11.3 Å². The summed E-state index contributed by atoms with van der Waals surface area (Å²) in [5.74, 6) is -0.689. The first kappa shape index (κ1) is 17.3. The monoisotopic (exact) mass is 354 g/mol. The lowest BCUT2D eigenvalue weighted by Crippen LogP contribution is -2.53. The number of rotatable bonds is 5. The zero-order valence-corrected chi connectivity index (χ0v) is 14.5. The molecule has 0 aliphatic carbocycles. The Labute approximate surface area is 144 Å². The van der Waals surface area contributed by atoms with Crippen LogP contribution < -0.4 is 0 Å². The molecular formula is C16H22N2O5S. The van der Waals surface area contributed by atoms with Gasteiger partial charge in [0.05, 0.1) is 18.2 Å². The van der Waals surface area contributed by atoms with Gasteiger partial charge in [-0.2, -0.15) is 0 Å². The van der Waals surface area contributed by atoms with Gasteiger partial charge in [0.2, 0.25) is 0 Å². The summed E-state index contributed by atoms with van der Waals surface area (Å²) in [5, 5.41) is 11.3. The van der Waals surface area contributed by atoms with E-state index in [1.807, 2.05) is 4.90 Å². The molecule has 3 heterocycles. The fourth-order valence-electron chi connectivity index (χ4n) is 3.42. The lowest BCUT2D eigenvalue weighted by atomic mass is 9.92. The molecule has 1 N–H and O–H groups in total. The molecule has 2 saturated heterocycles. The molecule has 1 aromatic heterocycles. The minimum absolute atomic E-state index is 0.0116. The van der Waals surface area contributed by atoms with Crippen molar-refractivity contribution in [3.8, 4) is 0 Å². The van der Waals surface area contributed by atoms with E-state index in [2.05, 4.69) is 4.98 Å². The van der Waals surface area contributed by atoms with Gasteiger partial charge in [-0.05, 0) is 18.8 Å². The number of carboxylic acid groups (broad SMARTS) is 1. The summed E-state index contributed by atoms with van der Waals surface area (Å²) in [6.07, 6.45) is 3.26. The van der Waals surface area contributed by atoms with Crippen LogP contribution in [0.15, 0.2) is 5.38 Å². The highest BCUT2D eigenvalue weighted by Gasteiger charge is 2.45. The first-order chi connectivity index (χ1) is 11.5. The van der Waals surface area contributed by atoms with Crippen LogP contribution in [0.4, 0.5) is 0 Å². The molecule has 0 aromatic carbocycles. The third-order valence-corrected chi connectivity index (χ3v) is 5.68. The normalized spacial score (nSPS) is 27.4. The van der Waals surface area contributed by atoms with Gasteiger partial charge >= 0.3 is 5.97 Å². The van der Waals surface area contributed by atoms with E-state index in [9.17, 15) is 9.59 Å². The quantitative estimate of drug-likeness (QED) is 0.860. The molecule has 0 radical (unpaired) electrons. The summed E-state index contributed by atoms with van der Waals surface area (Å²) in [5.41, 5.74) is -0.736. The molecule has 24 heavy (non-hydrogen) atoms. The maximum Gasteiger partial charge on any atom is 0.355 e. The van der Waals surface area contributed by atoms with Crippen molar-refractivity contribution in [1.29, 1.82) is 0 Å². The topological polar surface area (TPSA) is 89.0 Å². The van der Waals surface area contributed by atoms with Gasteiger partial charge in [-0.15, -0.1) is 11.3 Å². The average Bonchev–Trinajstić information content (AvgIpc) is 3.24.